The van der Waals surface area contributed by atoms with Gasteiger partial charge in [-0.2, -0.15) is 0 Å². The van der Waals surface area contributed by atoms with Crippen molar-refractivity contribution < 1.29 is 5.11 Å². The molecule has 32 heavy (non-hydrogen) atoms. The highest BCUT2D eigenvalue weighted by molar-refractivity contribution is 5.11. The van der Waals surface area contributed by atoms with Gasteiger partial charge < -0.3 is 5.11 Å². The number of hydrogen-bond donors (Lipinski definition) is 1. The standard InChI is InChI=1S/C31H54O/c1-7-8-12-24-27-14-13-23-26-16-15-25(22(4)11-9-10-21(2)3)30(26,5)19-17-28(23)31(27,6)20-18-29(24)32/h7-8,21-29,32H,9-20H2,1-6H3/t22-,23+,24+,25-,26+,27+,28+,29-,30-,31+/m1/s1. The largest absolute Gasteiger partial charge is 0.393 e. The smallest absolute Gasteiger partial charge is 0.0574 e. The SMILES string of the molecule is CC=CC[C@@H]1[C@H](O)CC[C@@]2(C)[C@H]1CC[C@@H]1[C@@H]2CC[C@]2(C)[C@@H]([C@H](C)CCCC(C)C)CC[C@@H]12. The molecule has 4 fully saturated rings. The average molecular weight is 443 g/mol. The van der Waals surface area contributed by atoms with Crippen LogP contribution in [0.5, 0.6) is 0 Å². The summed E-state index contributed by atoms with van der Waals surface area (Å²) in [5, 5.41) is 10.9. The van der Waals surface area contributed by atoms with Crippen molar-refractivity contribution in [1.82, 2.24) is 0 Å². The minimum atomic E-state index is -0.0720. The lowest BCUT2D eigenvalue weighted by atomic mass is 9.43. The van der Waals surface area contributed by atoms with E-state index in [-0.39, 0.29) is 6.10 Å². The van der Waals surface area contributed by atoms with Gasteiger partial charge in [0.25, 0.3) is 0 Å². The molecule has 1 nitrogen and oxygen atoms in total. The molecule has 0 radical (unpaired) electrons. The van der Waals surface area contributed by atoms with Crippen molar-refractivity contribution in [2.45, 2.75) is 125 Å². The second-order valence-electron chi connectivity index (χ2n) is 13.7. The predicted octanol–water partition coefficient (Wildman–Crippen LogP) is 8.66. The van der Waals surface area contributed by atoms with Crippen LogP contribution in [-0.2, 0) is 0 Å². The molecule has 0 aromatic rings. The molecular formula is C31H54O. The number of allylic oxidation sites excluding steroid dienone is 2. The number of aliphatic hydroxyl groups excluding tert-OH is 1. The quantitative estimate of drug-likeness (QED) is 0.391. The summed E-state index contributed by atoms with van der Waals surface area (Å²) in [6.07, 6.45) is 20.9. The van der Waals surface area contributed by atoms with Crippen LogP contribution in [0.4, 0.5) is 0 Å². The zero-order chi connectivity index (χ0) is 23.1. The minimum Gasteiger partial charge on any atom is -0.393 e. The molecule has 0 heterocycles. The summed E-state index contributed by atoms with van der Waals surface area (Å²) in [5.74, 6) is 6.79. The summed E-state index contributed by atoms with van der Waals surface area (Å²) >= 11 is 0. The number of hydrogen-bond acceptors (Lipinski definition) is 1. The molecule has 0 spiro atoms. The lowest BCUT2D eigenvalue weighted by molar-refractivity contribution is -0.152. The van der Waals surface area contributed by atoms with E-state index >= 15 is 0 Å². The van der Waals surface area contributed by atoms with Crippen LogP contribution in [0.2, 0.25) is 0 Å². The molecule has 0 amide bonds. The minimum absolute atomic E-state index is 0.0720. The van der Waals surface area contributed by atoms with Crippen molar-refractivity contribution in [2.24, 2.45) is 58.2 Å². The first-order valence-corrected chi connectivity index (χ1v) is 14.5. The Balaban J connectivity index is 1.48. The van der Waals surface area contributed by atoms with Crippen LogP contribution in [0.3, 0.4) is 0 Å². The van der Waals surface area contributed by atoms with Gasteiger partial charge in [-0.25, -0.2) is 0 Å². The van der Waals surface area contributed by atoms with Gasteiger partial charge in [0.05, 0.1) is 6.10 Å². The Labute approximate surface area is 200 Å². The summed E-state index contributed by atoms with van der Waals surface area (Å²) in [7, 11) is 0. The van der Waals surface area contributed by atoms with Gasteiger partial charge in [-0.3, -0.25) is 0 Å². The molecule has 0 bridgehead atoms. The van der Waals surface area contributed by atoms with Crippen molar-refractivity contribution in [1.29, 1.82) is 0 Å². The van der Waals surface area contributed by atoms with Crippen molar-refractivity contribution in [3.8, 4) is 0 Å². The van der Waals surface area contributed by atoms with E-state index in [0.717, 1.165) is 54.3 Å². The highest BCUT2D eigenvalue weighted by Gasteiger charge is 2.61. The Morgan fingerprint density at radius 1 is 0.844 bits per heavy atom. The van der Waals surface area contributed by atoms with E-state index in [0.29, 0.717) is 16.7 Å². The maximum Gasteiger partial charge on any atom is 0.0574 e. The lowest BCUT2D eigenvalue weighted by Gasteiger charge is -2.62. The Bertz CT molecular complexity index is 651. The van der Waals surface area contributed by atoms with E-state index in [2.05, 4.69) is 53.7 Å². The van der Waals surface area contributed by atoms with Crippen LogP contribution in [-0.4, -0.2) is 11.2 Å². The van der Waals surface area contributed by atoms with E-state index in [9.17, 15) is 5.11 Å². The highest BCUT2D eigenvalue weighted by atomic mass is 16.3. The van der Waals surface area contributed by atoms with Gasteiger partial charge in [0.1, 0.15) is 0 Å². The van der Waals surface area contributed by atoms with Crippen molar-refractivity contribution in [2.75, 3.05) is 0 Å². The third-order valence-electron chi connectivity index (χ3n) is 11.8. The zero-order valence-corrected chi connectivity index (χ0v) is 22.3. The number of aliphatic hydroxyl groups is 1. The van der Waals surface area contributed by atoms with E-state index < -0.39 is 0 Å². The second-order valence-corrected chi connectivity index (χ2v) is 13.7. The molecule has 0 aromatic heterocycles. The van der Waals surface area contributed by atoms with Gasteiger partial charge in [-0.1, -0.05) is 66.0 Å². The van der Waals surface area contributed by atoms with Crippen LogP contribution in [0.15, 0.2) is 12.2 Å². The summed E-state index contributed by atoms with van der Waals surface area (Å²) < 4.78 is 0. The van der Waals surface area contributed by atoms with Crippen LogP contribution < -0.4 is 0 Å². The van der Waals surface area contributed by atoms with Gasteiger partial charge in [0.2, 0.25) is 0 Å². The maximum atomic E-state index is 10.9. The Hall–Kier alpha value is -0.300. The van der Waals surface area contributed by atoms with Gasteiger partial charge in [0, 0.05) is 0 Å². The van der Waals surface area contributed by atoms with E-state index in [1.54, 1.807) is 0 Å². The molecule has 1 N–H and O–H groups in total. The fourth-order valence-corrected chi connectivity index (χ4v) is 10.1. The summed E-state index contributed by atoms with van der Waals surface area (Å²) in [4.78, 5) is 0. The second kappa shape index (κ2) is 9.75. The average Bonchev–Trinajstić information content (AvgIpc) is 3.10. The van der Waals surface area contributed by atoms with Crippen LogP contribution in [0.25, 0.3) is 0 Å². The van der Waals surface area contributed by atoms with Crippen LogP contribution in [0, 0.1) is 58.2 Å². The molecule has 184 valence electrons. The van der Waals surface area contributed by atoms with E-state index in [1.807, 2.05) is 0 Å². The molecule has 4 saturated carbocycles. The van der Waals surface area contributed by atoms with Gasteiger partial charge in [0.15, 0.2) is 0 Å². The Morgan fingerprint density at radius 2 is 1.53 bits per heavy atom. The molecule has 0 aliphatic heterocycles. The van der Waals surface area contributed by atoms with Gasteiger partial charge in [-0.15, -0.1) is 0 Å². The number of rotatable bonds is 7. The number of fused-ring (bicyclic) bond motifs is 5. The van der Waals surface area contributed by atoms with Crippen molar-refractivity contribution >= 4 is 0 Å². The van der Waals surface area contributed by atoms with E-state index in [4.69, 9.17) is 0 Å². The molecule has 1 heteroatoms. The first kappa shape index (κ1) is 24.8. The monoisotopic (exact) mass is 442 g/mol. The fraction of sp³-hybridized carbons (Fsp3) is 0.935. The van der Waals surface area contributed by atoms with Crippen LogP contribution >= 0.6 is 0 Å². The molecule has 0 unspecified atom stereocenters. The first-order chi connectivity index (χ1) is 15.2. The fourth-order valence-electron chi connectivity index (χ4n) is 10.1. The predicted molar refractivity (Wildman–Crippen MR) is 137 cm³/mol. The summed E-state index contributed by atoms with van der Waals surface area (Å²) in [5.41, 5.74) is 1.07. The van der Waals surface area contributed by atoms with Gasteiger partial charge >= 0.3 is 0 Å². The lowest BCUT2D eigenvalue weighted by Crippen LogP contribution is -2.56. The Kier molecular flexibility index (Phi) is 7.56. The third kappa shape index (κ3) is 4.27. The van der Waals surface area contributed by atoms with Crippen LogP contribution in [0.1, 0.15) is 119 Å². The Morgan fingerprint density at radius 3 is 2.25 bits per heavy atom. The molecule has 4 aliphatic carbocycles. The normalized spacial score (nSPS) is 47.3. The molecule has 10 atom stereocenters. The highest BCUT2D eigenvalue weighted by Crippen LogP contribution is 2.69. The van der Waals surface area contributed by atoms with E-state index in [1.165, 1.54) is 64.2 Å². The topological polar surface area (TPSA) is 20.2 Å². The summed E-state index contributed by atoms with van der Waals surface area (Å²) in [6.45, 7) is 14.9. The molecule has 0 aromatic carbocycles. The van der Waals surface area contributed by atoms with Crippen molar-refractivity contribution in [3.63, 3.8) is 0 Å². The molecule has 0 saturated heterocycles. The van der Waals surface area contributed by atoms with Gasteiger partial charge in [-0.05, 0) is 123 Å². The summed E-state index contributed by atoms with van der Waals surface area (Å²) in [6, 6.07) is 0. The first-order valence-electron chi connectivity index (χ1n) is 14.5. The zero-order valence-electron chi connectivity index (χ0n) is 22.3. The third-order valence-corrected chi connectivity index (χ3v) is 11.8. The molecule has 4 aliphatic rings. The van der Waals surface area contributed by atoms with Crippen molar-refractivity contribution in [3.05, 3.63) is 12.2 Å². The molecular weight excluding hydrogens is 388 g/mol. The maximum absolute atomic E-state index is 10.9. The molecule has 4 rings (SSSR count).